The van der Waals surface area contributed by atoms with Crippen LogP contribution in [-0.4, -0.2) is 125 Å². The number of anilines is 4. The molecule has 2 aromatic heterocycles. The number of fused-ring (bicyclic) bond motifs is 2. The lowest BCUT2D eigenvalue weighted by Crippen LogP contribution is -2.56. The molecule has 0 spiro atoms. The van der Waals surface area contributed by atoms with Gasteiger partial charge in [0, 0.05) is 55.4 Å². The average Bonchev–Trinajstić information content (AvgIpc) is 3.54. The van der Waals surface area contributed by atoms with Crippen molar-refractivity contribution in [3.05, 3.63) is 73.1 Å². The lowest BCUT2D eigenvalue weighted by molar-refractivity contribution is 0.0299. The van der Waals surface area contributed by atoms with Crippen molar-refractivity contribution in [1.29, 1.82) is 0 Å². The van der Waals surface area contributed by atoms with Gasteiger partial charge in [-0.15, -0.1) is 0 Å². The molecule has 278 valence electrons. The largest absolute Gasteiger partial charge is 0.395 e. The molecule has 0 radical (unpaired) electrons. The number of nitrogens with one attached hydrogen (secondary N) is 2. The van der Waals surface area contributed by atoms with Crippen LogP contribution in [0.15, 0.2) is 73.1 Å². The Hall–Kier alpha value is -5.42. The van der Waals surface area contributed by atoms with E-state index in [-0.39, 0.29) is 37.9 Å². The van der Waals surface area contributed by atoms with Crippen molar-refractivity contribution in [2.75, 3.05) is 79.3 Å². The fourth-order valence-corrected chi connectivity index (χ4v) is 6.79. The van der Waals surface area contributed by atoms with Crippen molar-refractivity contribution < 1.29 is 29.3 Å². The molecule has 0 aliphatic carbocycles. The maximum absolute atomic E-state index is 13.8. The number of amides is 4. The highest BCUT2D eigenvalue weighted by Gasteiger charge is 2.35. The number of aromatic nitrogens is 4. The molecule has 5 heterocycles. The van der Waals surface area contributed by atoms with Crippen molar-refractivity contribution in [2.24, 2.45) is 0 Å². The Labute approximate surface area is 307 Å². The second kappa shape index (κ2) is 16.5. The van der Waals surface area contributed by atoms with Crippen LogP contribution in [-0.2, 0) is 9.47 Å². The van der Waals surface area contributed by atoms with Gasteiger partial charge in [-0.2, -0.15) is 5.01 Å². The molecule has 3 aliphatic rings. The predicted molar refractivity (Wildman–Crippen MR) is 198 cm³/mol. The van der Waals surface area contributed by atoms with E-state index in [1.54, 1.807) is 36.7 Å². The molecule has 16 nitrogen and oxygen atoms in total. The number of morpholine rings is 2. The van der Waals surface area contributed by atoms with Gasteiger partial charge in [-0.05, 0) is 56.2 Å². The van der Waals surface area contributed by atoms with Crippen LogP contribution >= 0.6 is 0 Å². The van der Waals surface area contributed by atoms with E-state index < -0.39 is 18.7 Å². The van der Waals surface area contributed by atoms with Crippen molar-refractivity contribution in [1.82, 2.24) is 30.3 Å². The maximum atomic E-state index is 13.8. The zero-order valence-electron chi connectivity index (χ0n) is 29.5. The number of benzene rings is 2. The van der Waals surface area contributed by atoms with E-state index in [0.717, 1.165) is 52.8 Å². The van der Waals surface area contributed by atoms with Crippen LogP contribution in [0.4, 0.5) is 32.9 Å². The zero-order chi connectivity index (χ0) is 36.7. The fourth-order valence-electron chi connectivity index (χ4n) is 6.79. The minimum absolute atomic E-state index is 0.0361. The first-order valence-electron chi connectivity index (χ1n) is 17.9. The molecule has 2 bridgehead atoms. The van der Waals surface area contributed by atoms with Gasteiger partial charge in [0.1, 0.15) is 0 Å². The molecule has 53 heavy (non-hydrogen) atoms. The van der Waals surface area contributed by atoms with Gasteiger partial charge in [-0.25, -0.2) is 34.5 Å². The molecule has 4 amide bonds. The van der Waals surface area contributed by atoms with Crippen LogP contribution in [0.2, 0.25) is 0 Å². The predicted octanol–water partition coefficient (Wildman–Crippen LogP) is 3.14. The van der Waals surface area contributed by atoms with E-state index in [0.29, 0.717) is 48.7 Å². The minimum Gasteiger partial charge on any atom is -0.395 e. The van der Waals surface area contributed by atoms with Gasteiger partial charge in [0.15, 0.2) is 0 Å². The first-order valence-corrected chi connectivity index (χ1v) is 17.9. The molecule has 16 heteroatoms. The van der Waals surface area contributed by atoms with Crippen molar-refractivity contribution >= 4 is 35.3 Å². The lowest BCUT2D eigenvalue weighted by atomic mass is 10.1. The number of carbonyl (C=O) groups is 2. The van der Waals surface area contributed by atoms with Crippen molar-refractivity contribution in [3.8, 4) is 22.5 Å². The smallest absolute Gasteiger partial charge is 0.341 e. The third-order valence-electron chi connectivity index (χ3n) is 9.44. The zero-order valence-corrected chi connectivity index (χ0v) is 29.5. The standard InChI is InChI=1S/C37H44N10O6/c1-25-24-52-21-18-45(25)35-39-15-13-33(43-35)26-2-6-28(7-3-26)41-37(51)46(17-20-49)47(36(50)40-16-19-48)29-8-4-27(5-9-29)32-12-14-38-34(42-32)44-22-30-10-11-31(23-44)53-30/h2-9,12-15,25,30-31,48-49H,10-11,16-24H2,1H3,(H,40,50)(H,41,51). The summed E-state index contributed by atoms with van der Waals surface area (Å²) < 4.78 is 11.5. The maximum Gasteiger partial charge on any atom is 0.341 e. The molecule has 4 N–H and O–H groups in total. The second-order valence-corrected chi connectivity index (χ2v) is 13.1. The third kappa shape index (κ3) is 8.30. The summed E-state index contributed by atoms with van der Waals surface area (Å²) in [6.45, 7) is 4.57. The fraction of sp³-hybridized carbons (Fsp3) is 0.405. The summed E-state index contributed by atoms with van der Waals surface area (Å²) in [4.78, 5) is 50.2. The molecule has 2 aromatic carbocycles. The number of nitrogens with zero attached hydrogens (tertiary/aromatic N) is 8. The van der Waals surface area contributed by atoms with Crippen LogP contribution in [0.5, 0.6) is 0 Å². The van der Waals surface area contributed by atoms with Crippen molar-refractivity contribution in [3.63, 3.8) is 0 Å². The Balaban J connectivity index is 1.08. The highest BCUT2D eigenvalue weighted by atomic mass is 16.5. The van der Waals surface area contributed by atoms with E-state index in [1.807, 2.05) is 36.4 Å². The molecular formula is C37H44N10O6. The molecular weight excluding hydrogens is 680 g/mol. The lowest BCUT2D eigenvalue weighted by Gasteiger charge is -2.34. The Morgan fingerprint density at radius 2 is 1.49 bits per heavy atom. The first-order chi connectivity index (χ1) is 25.9. The Morgan fingerprint density at radius 1 is 0.849 bits per heavy atom. The summed E-state index contributed by atoms with van der Waals surface area (Å²) >= 11 is 0. The first kappa shape index (κ1) is 36.0. The normalized spacial score (nSPS) is 19.5. The number of carbonyl (C=O) groups excluding carboxylic acids is 2. The number of rotatable bonds is 10. The summed E-state index contributed by atoms with van der Waals surface area (Å²) in [7, 11) is 0. The Kier molecular flexibility index (Phi) is 11.2. The van der Waals surface area contributed by atoms with Gasteiger partial charge in [0.05, 0.1) is 68.3 Å². The van der Waals surface area contributed by atoms with E-state index in [2.05, 4.69) is 37.3 Å². The minimum atomic E-state index is -0.661. The van der Waals surface area contributed by atoms with Gasteiger partial charge < -0.3 is 40.1 Å². The quantitative estimate of drug-likeness (QED) is 0.176. The summed E-state index contributed by atoms with van der Waals surface area (Å²) in [6.07, 6.45) is 5.94. The summed E-state index contributed by atoms with van der Waals surface area (Å²) in [5.74, 6) is 1.27. The van der Waals surface area contributed by atoms with Crippen LogP contribution in [0.25, 0.3) is 22.5 Å². The number of ether oxygens (including phenoxy) is 2. The van der Waals surface area contributed by atoms with E-state index in [9.17, 15) is 19.8 Å². The number of aliphatic hydroxyl groups excluding tert-OH is 2. The molecule has 3 aliphatic heterocycles. The molecule has 4 aromatic rings. The van der Waals surface area contributed by atoms with Crippen LogP contribution < -0.4 is 25.4 Å². The topological polar surface area (TPSA) is 182 Å². The van der Waals surface area contributed by atoms with Gasteiger partial charge in [-0.3, -0.25) is 0 Å². The highest BCUT2D eigenvalue weighted by molar-refractivity contribution is 5.98. The number of hydrogen-bond donors (Lipinski definition) is 4. The van der Waals surface area contributed by atoms with Crippen molar-refractivity contribution in [2.45, 2.75) is 38.0 Å². The van der Waals surface area contributed by atoms with Gasteiger partial charge in [-0.1, -0.05) is 24.3 Å². The molecule has 3 unspecified atom stereocenters. The van der Waals surface area contributed by atoms with Gasteiger partial charge in [0.25, 0.3) is 0 Å². The molecule has 3 fully saturated rings. The molecule has 0 saturated carbocycles. The number of aliphatic hydroxyl groups is 2. The second-order valence-electron chi connectivity index (χ2n) is 13.1. The molecule has 7 rings (SSSR count). The third-order valence-corrected chi connectivity index (χ3v) is 9.44. The SMILES string of the molecule is CC1COCCN1c1nccc(-c2ccc(NC(=O)N(CCO)N(C(=O)NCCO)c3ccc(-c4ccnc(N5CC6CCC(C5)O6)n4)cc3)cc2)n1. The Bertz CT molecular complexity index is 1850. The van der Waals surface area contributed by atoms with Gasteiger partial charge >= 0.3 is 12.1 Å². The number of hydrazine groups is 1. The van der Waals surface area contributed by atoms with Crippen LogP contribution in [0.3, 0.4) is 0 Å². The average molecular weight is 725 g/mol. The van der Waals surface area contributed by atoms with Crippen LogP contribution in [0, 0.1) is 0 Å². The van der Waals surface area contributed by atoms with E-state index >= 15 is 0 Å². The number of urea groups is 2. The van der Waals surface area contributed by atoms with Crippen LogP contribution in [0.1, 0.15) is 19.8 Å². The number of hydrogen-bond acceptors (Lipinski definition) is 12. The summed E-state index contributed by atoms with van der Waals surface area (Å²) in [5.41, 5.74) is 3.89. The van der Waals surface area contributed by atoms with E-state index in [1.165, 1.54) is 0 Å². The summed E-state index contributed by atoms with van der Waals surface area (Å²) in [6, 6.07) is 16.7. The Morgan fingerprint density at radius 3 is 2.13 bits per heavy atom. The summed E-state index contributed by atoms with van der Waals surface area (Å²) in [5, 5.41) is 27.1. The van der Waals surface area contributed by atoms with E-state index in [4.69, 9.17) is 19.4 Å². The molecule has 3 atom stereocenters. The van der Waals surface area contributed by atoms with Gasteiger partial charge in [0.2, 0.25) is 11.9 Å². The molecule has 3 saturated heterocycles. The monoisotopic (exact) mass is 724 g/mol. The highest BCUT2D eigenvalue weighted by Crippen LogP contribution is 2.30.